The van der Waals surface area contributed by atoms with Crippen molar-refractivity contribution < 1.29 is 4.57 Å². The molecule has 0 bridgehead atoms. The molecule has 0 atom stereocenters. The SMILES string of the molecule is Cc1cc(C)c2c3ccc4c5c(C)cc(C)cc5n(P(=O)(c5ccccc5)c5ccccc5)c4c3n(-c3ccccc3)c2c1. The van der Waals surface area contributed by atoms with Crippen LogP contribution in [0.4, 0.5) is 0 Å². The zero-order valence-electron chi connectivity index (χ0n) is 25.4. The highest BCUT2D eigenvalue weighted by molar-refractivity contribution is 7.77. The molecule has 0 aliphatic rings. The lowest BCUT2D eigenvalue weighted by Crippen LogP contribution is -2.21. The van der Waals surface area contributed by atoms with Crippen LogP contribution in [0.1, 0.15) is 22.3 Å². The van der Waals surface area contributed by atoms with Gasteiger partial charge in [-0.05, 0) is 98.5 Å². The molecule has 8 aromatic rings. The molecule has 3 nitrogen and oxygen atoms in total. The summed E-state index contributed by atoms with van der Waals surface area (Å²) in [7, 11) is -3.44. The number of hydrogen-bond acceptors (Lipinski definition) is 1. The minimum atomic E-state index is -3.44. The van der Waals surface area contributed by atoms with Crippen molar-refractivity contribution in [1.29, 1.82) is 0 Å². The number of rotatable bonds is 4. The zero-order chi connectivity index (χ0) is 30.2. The molecule has 214 valence electrons. The van der Waals surface area contributed by atoms with E-state index in [4.69, 9.17) is 0 Å². The summed E-state index contributed by atoms with van der Waals surface area (Å²) in [5, 5.41) is 6.30. The average molecular weight is 589 g/mol. The van der Waals surface area contributed by atoms with Gasteiger partial charge in [-0.1, -0.05) is 78.9 Å². The van der Waals surface area contributed by atoms with Gasteiger partial charge in [0.25, 0.3) is 0 Å². The first-order valence-corrected chi connectivity index (χ1v) is 16.8. The minimum Gasteiger partial charge on any atom is -0.307 e. The molecule has 2 heterocycles. The van der Waals surface area contributed by atoms with E-state index in [1.54, 1.807) is 0 Å². The second-order valence-corrected chi connectivity index (χ2v) is 14.6. The van der Waals surface area contributed by atoms with Crippen LogP contribution >= 0.6 is 7.29 Å². The van der Waals surface area contributed by atoms with Crippen LogP contribution in [0.15, 0.2) is 127 Å². The molecule has 0 N–H and O–H groups in total. The van der Waals surface area contributed by atoms with Crippen LogP contribution in [0.25, 0.3) is 49.3 Å². The van der Waals surface area contributed by atoms with Crippen LogP contribution < -0.4 is 10.6 Å². The fourth-order valence-electron chi connectivity index (χ4n) is 7.38. The number of para-hydroxylation sites is 1. The predicted molar refractivity (Wildman–Crippen MR) is 188 cm³/mol. The van der Waals surface area contributed by atoms with Gasteiger partial charge in [-0.25, -0.2) is 0 Å². The molecule has 0 saturated heterocycles. The summed E-state index contributed by atoms with van der Waals surface area (Å²) in [6, 6.07) is 44.2. The molecule has 6 aromatic carbocycles. The van der Waals surface area contributed by atoms with Crippen molar-refractivity contribution in [2.75, 3.05) is 0 Å². The fraction of sp³-hybridized carbons (Fsp3) is 0.100. The second kappa shape index (κ2) is 9.84. The first-order chi connectivity index (χ1) is 21.4. The topological polar surface area (TPSA) is 26.9 Å². The van der Waals surface area contributed by atoms with E-state index in [-0.39, 0.29) is 0 Å². The molecule has 2 aromatic heterocycles. The van der Waals surface area contributed by atoms with Crippen LogP contribution in [0.2, 0.25) is 0 Å². The van der Waals surface area contributed by atoms with Gasteiger partial charge in [-0.2, -0.15) is 0 Å². The maximum absolute atomic E-state index is 16.3. The Balaban J connectivity index is 1.72. The van der Waals surface area contributed by atoms with Crippen LogP contribution in [0.3, 0.4) is 0 Å². The lowest BCUT2D eigenvalue weighted by molar-refractivity contribution is 0.583. The molecule has 0 aliphatic heterocycles. The van der Waals surface area contributed by atoms with Crippen molar-refractivity contribution in [3.63, 3.8) is 0 Å². The van der Waals surface area contributed by atoms with E-state index in [1.165, 1.54) is 27.5 Å². The number of aromatic nitrogens is 2. The molecule has 0 fully saturated rings. The molecule has 44 heavy (non-hydrogen) atoms. The molecule has 8 rings (SSSR count). The third-order valence-corrected chi connectivity index (χ3v) is 12.0. The van der Waals surface area contributed by atoms with Gasteiger partial charge >= 0.3 is 0 Å². The monoisotopic (exact) mass is 588 g/mol. The van der Waals surface area contributed by atoms with Gasteiger partial charge in [0.2, 0.25) is 7.29 Å². The molecule has 0 radical (unpaired) electrons. The van der Waals surface area contributed by atoms with E-state index >= 15 is 4.57 Å². The standard InChI is InChI=1S/C40H33N2OP/c1-26-22-28(3)37-33-20-21-34-38-29(4)23-27(2)25-36(38)42(40(34)39(33)41(35(37)24-26)30-14-8-5-9-15-30)44(43,31-16-10-6-11-17-31)32-18-12-7-13-19-32/h5-25H,1-4H3. The largest absolute Gasteiger partial charge is 0.307 e. The van der Waals surface area contributed by atoms with Crippen LogP contribution in [0.5, 0.6) is 0 Å². The van der Waals surface area contributed by atoms with Crippen LogP contribution in [-0.4, -0.2) is 8.90 Å². The highest BCUT2D eigenvalue weighted by Crippen LogP contribution is 2.54. The molecule has 0 unspecified atom stereocenters. The van der Waals surface area contributed by atoms with Gasteiger partial charge in [0, 0.05) is 37.8 Å². The Morgan fingerprint density at radius 3 is 1.50 bits per heavy atom. The predicted octanol–water partition coefficient (Wildman–Crippen LogP) is 9.90. The van der Waals surface area contributed by atoms with E-state index in [0.29, 0.717) is 0 Å². The summed E-state index contributed by atoms with van der Waals surface area (Å²) in [5.74, 6) is 0. The van der Waals surface area contributed by atoms with Crippen molar-refractivity contribution >= 4 is 61.5 Å². The normalized spacial score (nSPS) is 12.2. The Morgan fingerprint density at radius 2 is 0.955 bits per heavy atom. The number of hydrogen-bond donors (Lipinski definition) is 0. The smallest absolute Gasteiger partial charge is 0.234 e. The molecule has 0 aliphatic carbocycles. The molecular weight excluding hydrogens is 555 g/mol. The highest BCUT2D eigenvalue weighted by Gasteiger charge is 2.35. The van der Waals surface area contributed by atoms with Crippen molar-refractivity contribution in [2.45, 2.75) is 27.7 Å². The Kier molecular flexibility index (Phi) is 5.98. The number of aryl methyl sites for hydroxylation is 4. The summed E-state index contributed by atoms with van der Waals surface area (Å²) in [5.41, 5.74) is 10.1. The lowest BCUT2D eigenvalue weighted by atomic mass is 10.0. The number of benzene rings is 6. The van der Waals surface area contributed by atoms with Gasteiger partial charge in [0.1, 0.15) is 0 Å². The summed E-state index contributed by atoms with van der Waals surface area (Å²) in [4.78, 5) is 0. The highest BCUT2D eigenvalue weighted by atomic mass is 31.2. The second-order valence-electron chi connectivity index (χ2n) is 12.0. The van der Waals surface area contributed by atoms with E-state index in [2.05, 4.69) is 103 Å². The molecule has 0 amide bonds. The maximum atomic E-state index is 16.3. The quantitative estimate of drug-likeness (QED) is 0.188. The Morgan fingerprint density at radius 1 is 0.500 bits per heavy atom. The number of fused-ring (bicyclic) bond motifs is 7. The van der Waals surface area contributed by atoms with Crippen molar-refractivity contribution in [2.24, 2.45) is 0 Å². The van der Waals surface area contributed by atoms with Crippen molar-refractivity contribution in [3.8, 4) is 5.69 Å². The van der Waals surface area contributed by atoms with Gasteiger partial charge in [0.05, 0.1) is 22.1 Å². The summed E-state index contributed by atoms with van der Waals surface area (Å²) >= 11 is 0. The summed E-state index contributed by atoms with van der Waals surface area (Å²) in [6.07, 6.45) is 0. The zero-order valence-corrected chi connectivity index (χ0v) is 26.3. The first-order valence-electron chi connectivity index (χ1n) is 15.1. The minimum absolute atomic E-state index is 0.815. The van der Waals surface area contributed by atoms with Gasteiger partial charge in [-0.15, -0.1) is 0 Å². The van der Waals surface area contributed by atoms with E-state index in [1.807, 2.05) is 60.7 Å². The summed E-state index contributed by atoms with van der Waals surface area (Å²) in [6.45, 7) is 8.68. The summed E-state index contributed by atoms with van der Waals surface area (Å²) < 4.78 is 20.9. The van der Waals surface area contributed by atoms with Gasteiger partial charge in [0.15, 0.2) is 0 Å². The Bertz CT molecular complexity index is 2390. The maximum Gasteiger partial charge on any atom is 0.234 e. The lowest BCUT2D eigenvalue weighted by Gasteiger charge is -2.24. The van der Waals surface area contributed by atoms with E-state index in [9.17, 15) is 0 Å². The first kappa shape index (κ1) is 26.8. The molecule has 0 spiro atoms. The van der Waals surface area contributed by atoms with Crippen LogP contribution in [-0.2, 0) is 4.57 Å². The molecule has 4 heteroatoms. The van der Waals surface area contributed by atoms with E-state index < -0.39 is 7.29 Å². The van der Waals surface area contributed by atoms with Gasteiger partial charge < -0.3 is 4.57 Å². The fourth-order valence-corrected chi connectivity index (χ4v) is 10.2. The van der Waals surface area contributed by atoms with Crippen molar-refractivity contribution in [3.05, 3.63) is 150 Å². The molecular formula is C40H33N2OP. The van der Waals surface area contributed by atoms with Crippen molar-refractivity contribution in [1.82, 2.24) is 8.90 Å². The number of nitrogens with zero attached hydrogens (tertiary/aromatic N) is 2. The van der Waals surface area contributed by atoms with Gasteiger partial charge in [-0.3, -0.25) is 8.90 Å². The third-order valence-electron chi connectivity index (χ3n) is 9.02. The Hall–Kier alpha value is -4.85. The van der Waals surface area contributed by atoms with E-state index in [0.717, 1.165) is 54.7 Å². The average Bonchev–Trinajstić information content (AvgIpc) is 3.55. The third kappa shape index (κ3) is 3.73. The Labute approximate surface area is 257 Å². The molecule has 0 saturated carbocycles. The van der Waals surface area contributed by atoms with Crippen LogP contribution in [0, 0.1) is 27.7 Å².